The summed E-state index contributed by atoms with van der Waals surface area (Å²) in [5.41, 5.74) is 1.65. The van der Waals surface area contributed by atoms with Crippen LogP contribution in [-0.2, 0) is 0 Å². The lowest BCUT2D eigenvalue weighted by atomic mass is 10.1. The molecule has 2 aromatic carbocycles. The predicted molar refractivity (Wildman–Crippen MR) is 80.7 cm³/mol. The van der Waals surface area contributed by atoms with Crippen LogP contribution < -0.4 is 5.32 Å². The highest BCUT2D eigenvalue weighted by molar-refractivity contribution is 9.10. The average Bonchev–Trinajstić information content (AvgIpc) is 2.40. The SMILES string of the molecule is OCC(Nc1ccc(Cl)c(Br)c1)c1cccc(O)c1. The maximum Gasteiger partial charge on any atom is 0.115 e. The zero-order chi connectivity index (χ0) is 13.8. The molecule has 2 aromatic rings. The van der Waals surface area contributed by atoms with E-state index in [1.807, 2.05) is 18.2 Å². The standard InChI is InChI=1S/C14H13BrClNO2/c15-12-7-10(4-5-13(12)16)17-14(8-18)9-2-1-3-11(19)6-9/h1-7,14,17-19H,8H2. The number of aliphatic hydroxyl groups is 1. The number of aliphatic hydroxyl groups excluding tert-OH is 1. The molecular weight excluding hydrogens is 330 g/mol. The van der Waals surface area contributed by atoms with Crippen LogP contribution in [-0.4, -0.2) is 16.8 Å². The third-order valence-corrected chi connectivity index (χ3v) is 3.93. The minimum atomic E-state index is -0.292. The van der Waals surface area contributed by atoms with Crippen molar-refractivity contribution in [3.8, 4) is 5.75 Å². The van der Waals surface area contributed by atoms with Crippen LogP contribution in [0, 0.1) is 0 Å². The highest BCUT2D eigenvalue weighted by Gasteiger charge is 2.11. The first kappa shape index (κ1) is 14.2. The van der Waals surface area contributed by atoms with Gasteiger partial charge in [0.1, 0.15) is 5.75 Å². The van der Waals surface area contributed by atoms with E-state index in [1.54, 1.807) is 24.3 Å². The lowest BCUT2D eigenvalue weighted by Crippen LogP contribution is -2.14. The highest BCUT2D eigenvalue weighted by atomic mass is 79.9. The molecule has 0 radical (unpaired) electrons. The van der Waals surface area contributed by atoms with Gasteiger partial charge in [0.25, 0.3) is 0 Å². The van der Waals surface area contributed by atoms with Gasteiger partial charge in [-0.2, -0.15) is 0 Å². The Hall–Kier alpha value is -1.23. The molecule has 0 saturated carbocycles. The number of hydrogen-bond donors (Lipinski definition) is 3. The van der Waals surface area contributed by atoms with Gasteiger partial charge in [0.15, 0.2) is 0 Å². The van der Waals surface area contributed by atoms with Gasteiger partial charge in [-0.1, -0.05) is 23.7 Å². The first-order valence-corrected chi connectivity index (χ1v) is 6.88. The Morgan fingerprint density at radius 2 is 2.00 bits per heavy atom. The van der Waals surface area contributed by atoms with Crippen molar-refractivity contribution in [3.63, 3.8) is 0 Å². The van der Waals surface area contributed by atoms with Crippen molar-refractivity contribution in [1.82, 2.24) is 0 Å². The number of benzene rings is 2. The van der Waals surface area contributed by atoms with E-state index in [2.05, 4.69) is 21.2 Å². The van der Waals surface area contributed by atoms with Crippen LogP contribution in [0.4, 0.5) is 5.69 Å². The van der Waals surface area contributed by atoms with Gasteiger partial charge in [-0.15, -0.1) is 0 Å². The number of phenols is 1. The van der Waals surface area contributed by atoms with Crippen molar-refractivity contribution in [1.29, 1.82) is 0 Å². The lowest BCUT2D eigenvalue weighted by molar-refractivity contribution is 0.276. The first-order valence-electron chi connectivity index (χ1n) is 5.71. The van der Waals surface area contributed by atoms with Crippen molar-refractivity contribution >= 4 is 33.2 Å². The fourth-order valence-corrected chi connectivity index (χ4v) is 2.26. The summed E-state index contributed by atoms with van der Waals surface area (Å²) >= 11 is 9.28. The van der Waals surface area contributed by atoms with Crippen molar-refractivity contribution in [2.45, 2.75) is 6.04 Å². The highest BCUT2D eigenvalue weighted by Crippen LogP contribution is 2.28. The molecule has 0 aromatic heterocycles. The molecule has 0 aliphatic rings. The minimum Gasteiger partial charge on any atom is -0.508 e. The molecule has 1 unspecified atom stereocenters. The fourth-order valence-electron chi connectivity index (χ4n) is 1.76. The smallest absolute Gasteiger partial charge is 0.115 e. The summed E-state index contributed by atoms with van der Waals surface area (Å²) < 4.78 is 0.784. The molecule has 0 amide bonds. The molecule has 0 heterocycles. The quantitative estimate of drug-likeness (QED) is 0.788. The maximum absolute atomic E-state index is 9.47. The summed E-state index contributed by atoms with van der Waals surface area (Å²) in [6.45, 7) is -0.0797. The Kier molecular flexibility index (Phi) is 4.69. The van der Waals surface area contributed by atoms with Crippen molar-refractivity contribution < 1.29 is 10.2 Å². The van der Waals surface area contributed by atoms with Gasteiger partial charge < -0.3 is 15.5 Å². The summed E-state index contributed by atoms with van der Waals surface area (Å²) in [5.74, 6) is 0.176. The Labute approximate surface area is 125 Å². The van der Waals surface area contributed by atoms with Gasteiger partial charge in [-0.3, -0.25) is 0 Å². The molecule has 0 fully saturated rings. The van der Waals surface area contributed by atoms with E-state index in [-0.39, 0.29) is 18.4 Å². The van der Waals surface area contributed by atoms with Crippen LogP contribution >= 0.6 is 27.5 Å². The van der Waals surface area contributed by atoms with Crippen LogP contribution in [0.2, 0.25) is 5.02 Å². The summed E-state index contributed by atoms with van der Waals surface area (Å²) in [4.78, 5) is 0. The van der Waals surface area contributed by atoms with Crippen LogP contribution in [0.1, 0.15) is 11.6 Å². The number of phenolic OH excluding ortho intramolecular Hbond substituents is 1. The molecular formula is C14H13BrClNO2. The number of rotatable bonds is 4. The Bertz CT molecular complexity index is 577. The topological polar surface area (TPSA) is 52.5 Å². The molecule has 19 heavy (non-hydrogen) atoms. The molecule has 100 valence electrons. The average molecular weight is 343 g/mol. The largest absolute Gasteiger partial charge is 0.508 e. The maximum atomic E-state index is 9.47. The van der Waals surface area contributed by atoms with Crippen molar-refractivity contribution in [2.75, 3.05) is 11.9 Å². The van der Waals surface area contributed by atoms with Crippen LogP contribution in [0.3, 0.4) is 0 Å². The van der Waals surface area contributed by atoms with Crippen LogP contribution in [0.5, 0.6) is 5.75 Å². The fraction of sp³-hybridized carbons (Fsp3) is 0.143. The molecule has 0 aliphatic carbocycles. The second-order valence-electron chi connectivity index (χ2n) is 4.10. The number of halogens is 2. The molecule has 0 spiro atoms. The predicted octanol–water partition coefficient (Wildman–Crippen LogP) is 3.95. The number of nitrogens with one attached hydrogen (secondary N) is 1. The summed E-state index contributed by atoms with van der Waals surface area (Å²) in [6, 6.07) is 12.0. The molecule has 3 N–H and O–H groups in total. The normalized spacial score (nSPS) is 12.2. The van der Waals surface area contributed by atoms with E-state index >= 15 is 0 Å². The molecule has 5 heteroatoms. The van der Waals surface area contributed by atoms with Crippen LogP contribution in [0.25, 0.3) is 0 Å². The number of aromatic hydroxyl groups is 1. The Morgan fingerprint density at radius 1 is 1.21 bits per heavy atom. The first-order chi connectivity index (χ1) is 9.10. The lowest BCUT2D eigenvalue weighted by Gasteiger charge is -2.18. The van der Waals surface area contributed by atoms with Crippen LogP contribution in [0.15, 0.2) is 46.9 Å². The van der Waals surface area contributed by atoms with E-state index in [9.17, 15) is 10.2 Å². The van der Waals surface area contributed by atoms with E-state index in [4.69, 9.17) is 11.6 Å². The van der Waals surface area contributed by atoms with Crippen molar-refractivity contribution in [3.05, 3.63) is 57.5 Å². The third-order valence-electron chi connectivity index (χ3n) is 2.72. The summed E-state index contributed by atoms with van der Waals surface area (Å²) in [6.07, 6.45) is 0. The Balaban J connectivity index is 2.21. The molecule has 2 rings (SSSR count). The Morgan fingerprint density at radius 3 is 2.63 bits per heavy atom. The van der Waals surface area contributed by atoms with Gasteiger partial charge in [0.2, 0.25) is 0 Å². The summed E-state index contributed by atoms with van der Waals surface area (Å²) in [7, 11) is 0. The van der Waals surface area contributed by atoms with E-state index < -0.39 is 0 Å². The van der Waals surface area contributed by atoms with Gasteiger partial charge in [-0.25, -0.2) is 0 Å². The molecule has 0 bridgehead atoms. The van der Waals surface area contributed by atoms with Gasteiger partial charge in [0.05, 0.1) is 17.7 Å². The van der Waals surface area contributed by atoms with E-state index in [0.717, 1.165) is 15.7 Å². The van der Waals surface area contributed by atoms with Gasteiger partial charge >= 0.3 is 0 Å². The zero-order valence-electron chi connectivity index (χ0n) is 9.98. The van der Waals surface area contributed by atoms with E-state index in [0.29, 0.717) is 5.02 Å². The number of anilines is 1. The van der Waals surface area contributed by atoms with Gasteiger partial charge in [0, 0.05) is 10.2 Å². The second kappa shape index (κ2) is 6.28. The molecule has 1 atom stereocenters. The zero-order valence-corrected chi connectivity index (χ0v) is 12.3. The monoisotopic (exact) mass is 341 g/mol. The minimum absolute atomic E-state index is 0.0797. The number of hydrogen-bond acceptors (Lipinski definition) is 3. The third kappa shape index (κ3) is 3.62. The molecule has 0 saturated heterocycles. The van der Waals surface area contributed by atoms with Crippen molar-refractivity contribution in [2.24, 2.45) is 0 Å². The van der Waals surface area contributed by atoms with E-state index in [1.165, 1.54) is 0 Å². The summed E-state index contributed by atoms with van der Waals surface area (Å²) in [5, 5.41) is 22.8. The second-order valence-corrected chi connectivity index (χ2v) is 5.36. The van der Waals surface area contributed by atoms with Gasteiger partial charge in [-0.05, 0) is 51.8 Å². The molecule has 0 aliphatic heterocycles. The molecule has 3 nitrogen and oxygen atoms in total.